The molecule has 0 saturated carbocycles. The van der Waals surface area contributed by atoms with Crippen molar-refractivity contribution in [3.05, 3.63) is 58.9 Å². The van der Waals surface area contributed by atoms with E-state index in [1.807, 2.05) is 30.3 Å². The van der Waals surface area contributed by atoms with Crippen molar-refractivity contribution < 1.29 is 18.5 Å². The highest BCUT2D eigenvalue weighted by atomic mass is 31.2. The zero-order valence-corrected chi connectivity index (χ0v) is 23.1. The van der Waals surface area contributed by atoms with Crippen LogP contribution in [0, 0.1) is 11.3 Å². The van der Waals surface area contributed by atoms with Gasteiger partial charge in [0.15, 0.2) is 11.2 Å². The molecule has 1 unspecified atom stereocenters. The Morgan fingerprint density at radius 2 is 2.00 bits per heavy atom. The number of imidazole rings is 1. The SMILES string of the molecule is CC(C)N(C(C)C)P(OCCC#N)O[C@@H]1C[C@H](n2cnc3c(=O)[nH]cnc32)O[C@@H]1COCc1ccccc1. The first-order chi connectivity index (χ1) is 18.4. The number of rotatable bonds is 13. The van der Waals surface area contributed by atoms with Crippen molar-refractivity contribution in [2.24, 2.45) is 0 Å². The van der Waals surface area contributed by atoms with Gasteiger partial charge in [0.05, 0.1) is 51.1 Å². The van der Waals surface area contributed by atoms with Gasteiger partial charge in [-0.15, -0.1) is 0 Å². The van der Waals surface area contributed by atoms with Crippen LogP contribution in [-0.2, 0) is 25.1 Å². The summed E-state index contributed by atoms with van der Waals surface area (Å²) in [7, 11) is -1.48. The lowest BCUT2D eigenvalue weighted by Gasteiger charge is -2.37. The second-order valence-electron chi connectivity index (χ2n) is 9.61. The Bertz CT molecular complexity index is 1250. The van der Waals surface area contributed by atoms with Crippen molar-refractivity contribution in [3.8, 4) is 6.07 Å². The summed E-state index contributed by atoms with van der Waals surface area (Å²) in [5.41, 5.74) is 1.46. The molecule has 38 heavy (non-hydrogen) atoms. The van der Waals surface area contributed by atoms with Crippen molar-refractivity contribution in [1.82, 2.24) is 24.2 Å². The minimum absolute atomic E-state index is 0.169. The van der Waals surface area contributed by atoms with Crippen LogP contribution in [-0.4, -0.2) is 61.7 Å². The number of H-pyrrole nitrogens is 1. The molecule has 1 N–H and O–H groups in total. The maximum absolute atomic E-state index is 12.2. The molecule has 0 spiro atoms. The van der Waals surface area contributed by atoms with Crippen molar-refractivity contribution >= 4 is 19.7 Å². The molecule has 0 radical (unpaired) electrons. The fraction of sp³-hybridized carbons (Fsp3) is 0.538. The minimum Gasteiger partial charge on any atom is -0.374 e. The van der Waals surface area contributed by atoms with Gasteiger partial charge in [0.2, 0.25) is 0 Å². The van der Waals surface area contributed by atoms with Gasteiger partial charge in [0, 0.05) is 18.5 Å². The van der Waals surface area contributed by atoms with Gasteiger partial charge in [-0.2, -0.15) is 5.26 Å². The smallest absolute Gasteiger partial charge is 0.278 e. The van der Waals surface area contributed by atoms with Gasteiger partial charge in [0.1, 0.15) is 12.3 Å². The molecule has 1 aromatic carbocycles. The van der Waals surface area contributed by atoms with Crippen molar-refractivity contribution in [3.63, 3.8) is 0 Å². The summed E-state index contributed by atoms with van der Waals surface area (Å²) in [5.74, 6) is 0. The van der Waals surface area contributed by atoms with Gasteiger partial charge in [0.25, 0.3) is 14.1 Å². The average molecular weight is 543 g/mol. The Kier molecular flexibility index (Phi) is 9.97. The Labute approximate surface area is 223 Å². The van der Waals surface area contributed by atoms with E-state index in [4.69, 9.17) is 23.8 Å². The van der Waals surface area contributed by atoms with Crippen molar-refractivity contribution in [2.75, 3.05) is 13.2 Å². The molecule has 3 aromatic rings. The van der Waals surface area contributed by atoms with E-state index in [-0.39, 0.29) is 42.3 Å². The average Bonchev–Trinajstić information content (AvgIpc) is 3.49. The molecular formula is C26H35N6O5P. The second kappa shape index (κ2) is 13.4. The molecule has 1 saturated heterocycles. The number of fused-ring (bicyclic) bond motifs is 1. The van der Waals surface area contributed by atoms with Crippen LogP contribution >= 0.6 is 8.53 Å². The lowest BCUT2D eigenvalue weighted by molar-refractivity contribution is -0.0625. The number of nitriles is 1. The number of nitrogens with one attached hydrogen (secondary N) is 1. The molecule has 11 nitrogen and oxygen atoms in total. The topological polar surface area (TPSA) is 128 Å². The fourth-order valence-electron chi connectivity index (χ4n) is 4.48. The minimum atomic E-state index is -1.48. The summed E-state index contributed by atoms with van der Waals surface area (Å²) in [6.07, 6.45) is 2.50. The summed E-state index contributed by atoms with van der Waals surface area (Å²) in [6.45, 7) is 9.43. The molecule has 12 heteroatoms. The van der Waals surface area contributed by atoms with Crippen LogP contribution in [0.1, 0.15) is 52.3 Å². The lowest BCUT2D eigenvalue weighted by atomic mass is 10.2. The predicted octanol–water partition coefficient (Wildman–Crippen LogP) is 4.29. The van der Waals surface area contributed by atoms with Crippen LogP contribution in [0.3, 0.4) is 0 Å². The van der Waals surface area contributed by atoms with Gasteiger partial charge < -0.3 is 23.5 Å². The third kappa shape index (κ3) is 6.83. The van der Waals surface area contributed by atoms with Crippen LogP contribution in [0.25, 0.3) is 11.2 Å². The highest BCUT2D eigenvalue weighted by molar-refractivity contribution is 7.44. The normalized spacial score (nSPS) is 20.5. The molecule has 0 amide bonds. The first-order valence-electron chi connectivity index (χ1n) is 12.8. The summed E-state index contributed by atoms with van der Waals surface area (Å²) < 4.78 is 29.2. The molecule has 3 heterocycles. The number of hydrogen-bond donors (Lipinski definition) is 1. The first kappa shape index (κ1) is 28.3. The first-order valence-corrected chi connectivity index (χ1v) is 13.9. The van der Waals surface area contributed by atoms with E-state index in [1.54, 1.807) is 10.9 Å². The van der Waals surface area contributed by atoms with Crippen molar-refractivity contribution in [2.45, 2.75) is 77.7 Å². The number of nitrogens with zero attached hydrogens (tertiary/aromatic N) is 5. The van der Waals surface area contributed by atoms with E-state index in [0.717, 1.165) is 5.56 Å². The van der Waals surface area contributed by atoms with E-state index in [1.165, 1.54) is 6.33 Å². The fourth-order valence-corrected chi connectivity index (χ4v) is 6.24. The predicted molar refractivity (Wildman–Crippen MR) is 143 cm³/mol. The number of hydrogen-bond acceptors (Lipinski definition) is 9. The summed E-state index contributed by atoms with van der Waals surface area (Å²) in [5, 5.41) is 9.05. The highest BCUT2D eigenvalue weighted by Crippen LogP contribution is 2.50. The number of aromatic amines is 1. The standard InChI is InChI=1S/C26H35N6O5P/c1-18(2)32(19(3)4)38(35-12-8-11-27)37-21-13-23(31-17-30-24-25(31)28-16-29-26(24)33)36-22(21)15-34-14-20-9-6-5-7-10-20/h5-7,9-10,16-19,21-23H,8,12-15H2,1-4H3,(H,28,29,33)/t21-,22-,23-,38?/m1/s1. The van der Waals surface area contributed by atoms with Gasteiger partial charge in [-0.1, -0.05) is 30.3 Å². The van der Waals surface area contributed by atoms with Gasteiger partial charge in [-0.05, 0) is 33.3 Å². The van der Waals surface area contributed by atoms with Crippen LogP contribution in [0.15, 0.2) is 47.8 Å². The second-order valence-corrected chi connectivity index (χ2v) is 11.0. The number of benzene rings is 1. The summed E-state index contributed by atoms with van der Waals surface area (Å²) in [4.78, 5) is 23.3. The maximum Gasteiger partial charge on any atom is 0.278 e. The monoisotopic (exact) mass is 542 g/mol. The molecule has 2 aromatic heterocycles. The summed E-state index contributed by atoms with van der Waals surface area (Å²) in [6, 6.07) is 12.4. The largest absolute Gasteiger partial charge is 0.374 e. The molecular weight excluding hydrogens is 507 g/mol. The third-order valence-corrected chi connectivity index (χ3v) is 8.29. The molecule has 0 bridgehead atoms. The van der Waals surface area contributed by atoms with E-state index >= 15 is 0 Å². The van der Waals surface area contributed by atoms with E-state index in [2.05, 4.69) is 53.4 Å². The van der Waals surface area contributed by atoms with E-state index in [9.17, 15) is 4.79 Å². The molecule has 1 aliphatic heterocycles. The Morgan fingerprint density at radius 3 is 2.71 bits per heavy atom. The Balaban J connectivity index is 1.56. The molecule has 0 aliphatic carbocycles. The van der Waals surface area contributed by atoms with Gasteiger partial charge in [-0.25, -0.2) is 14.6 Å². The molecule has 4 atom stereocenters. The van der Waals surface area contributed by atoms with Gasteiger partial charge in [-0.3, -0.25) is 9.36 Å². The molecule has 204 valence electrons. The van der Waals surface area contributed by atoms with Crippen LogP contribution in [0.4, 0.5) is 0 Å². The number of ether oxygens (including phenoxy) is 2. The maximum atomic E-state index is 12.2. The number of aromatic nitrogens is 4. The quantitative estimate of drug-likeness (QED) is 0.249. The zero-order chi connectivity index (χ0) is 27.1. The highest BCUT2D eigenvalue weighted by Gasteiger charge is 2.41. The van der Waals surface area contributed by atoms with Crippen LogP contribution < -0.4 is 5.56 Å². The lowest BCUT2D eigenvalue weighted by Crippen LogP contribution is -2.36. The van der Waals surface area contributed by atoms with E-state index in [0.29, 0.717) is 25.3 Å². The zero-order valence-electron chi connectivity index (χ0n) is 22.2. The summed E-state index contributed by atoms with van der Waals surface area (Å²) >= 11 is 0. The molecule has 1 aliphatic rings. The van der Waals surface area contributed by atoms with Gasteiger partial charge >= 0.3 is 0 Å². The molecule has 4 rings (SSSR count). The molecule has 1 fully saturated rings. The Hall–Kier alpha value is -2.71. The van der Waals surface area contributed by atoms with E-state index < -0.39 is 20.9 Å². The third-order valence-electron chi connectivity index (χ3n) is 6.14. The Morgan fingerprint density at radius 1 is 1.24 bits per heavy atom. The van der Waals surface area contributed by atoms with Crippen molar-refractivity contribution in [1.29, 1.82) is 5.26 Å². The van der Waals surface area contributed by atoms with Crippen LogP contribution in [0.5, 0.6) is 0 Å². The van der Waals surface area contributed by atoms with Crippen LogP contribution in [0.2, 0.25) is 0 Å².